The summed E-state index contributed by atoms with van der Waals surface area (Å²) in [6, 6.07) is 21.8. The van der Waals surface area contributed by atoms with E-state index in [4.69, 9.17) is 5.41 Å². The molecule has 2 N–H and O–H groups in total. The Morgan fingerprint density at radius 3 is 2.19 bits per heavy atom. The van der Waals surface area contributed by atoms with Gasteiger partial charge in [-0.25, -0.2) is 4.98 Å². The third kappa shape index (κ3) is 2.13. The zero-order chi connectivity index (χ0) is 18.5. The van der Waals surface area contributed by atoms with E-state index in [0.717, 1.165) is 5.39 Å². The van der Waals surface area contributed by atoms with E-state index in [1.54, 1.807) is 30.3 Å². The van der Waals surface area contributed by atoms with Gasteiger partial charge in [0, 0.05) is 27.3 Å². The summed E-state index contributed by atoms with van der Waals surface area (Å²) in [7, 11) is 0. The molecule has 4 heteroatoms. The number of aromatic nitrogens is 1. The smallest absolute Gasteiger partial charge is 0.194 e. The van der Waals surface area contributed by atoms with Crippen LogP contribution in [-0.4, -0.2) is 10.1 Å². The molecule has 0 spiro atoms. The molecule has 3 aromatic carbocycles. The van der Waals surface area contributed by atoms with Crippen molar-refractivity contribution in [3.63, 3.8) is 0 Å². The first-order chi connectivity index (χ1) is 13.2. The topological polar surface area (TPSA) is 74.0 Å². The van der Waals surface area contributed by atoms with Crippen LogP contribution in [0, 0.1) is 5.41 Å². The molecule has 0 saturated heterocycles. The fraction of sp³-hybridized carbons (Fsp3) is 0. The van der Waals surface area contributed by atoms with E-state index in [0.29, 0.717) is 38.2 Å². The van der Waals surface area contributed by atoms with Crippen LogP contribution in [0.2, 0.25) is 0 Å². The van der Waals surface area contributed by atoms with Gasteiger partial charge in [-0.05, 0) is 5.39 Å². The number of nitrogens with zero attached hydrogens (tertiary/aromatic N) is 1. The molecule has 0 saturated carbocycles. The van der Waals surface area contributed by atoms with Crippen molar-refractivity contribution >= 4 is 27.3 Å². The van der Waals surface area contributed by atoms with Gasteiger partial charge in [0.1, 0.15) is 5.76 Å². The van der Waals surface area contributed by atoms with Crippen molar-refractivity contribution in [3.8, 4) is 11.3 Å². The second-order valence-corrected chi connectivity index (χ2v) is 6.50. The first-order valence-corrected chi connectivity index (χ1v) is 8.61. The Bertz CT molecular complexity index is 1460. The van der Waals surface area contributed by atoms with Crippen molar-refractivity contribution in [2.75, 3.05) is 0 Å². The summed E-state index contributed by atoms with van der Waals surface area (Å²) in [4.78, 5) is 17.5. The van der Waals surface area contributed by atoms with Gasteiger partial charge in [0.15, 0.2) is 10.9 Å². The Kier molecular flexibility index (Phi) is 3.21. The Morgan fingerprint density at radius 2 is 1.41 bits per heavy atom. The zero-order valence-corrected chi connectivity index (χ0v) is 14.2. The Morgan fingerprint density at radius 1 is 0.778 bits per heavy atom. The highest BCUT2D eigenvalue weighted by Gasteiger charge is 2.20. The molecule has 3 aromatic rings. The molecule has 0 bridgehead atoms. The minimum absolute atomic E-state index is 0.0110. The number of rotatable bonds is 1. The molecule has 128 valence electrons. The van der Waals surface area contributed by atoms with Gasteiger partial charge in [-0.3, -0.25) is 10.2 Å². The number of nitrogens with one attached hydrogen (secondary N) is 1. The summed E-state index contributed by atoms with van der Waals surface area (Å²) in [6.07, 6.45) is 0. The normalized spacial score (nSPS) is 12.7. The molecule has 1 aliphatic heterocycles. The van der Waals surface area contributed by atoms with Crippen LogP contribution in [0.3, 0.4) is 0 Å². The van der Waals surface area contributed by atoms with Crippen LogP contribution in [0.4, 0.5) is 0 Å². The maximum Gasteiger partial charge on any atom is 0.194 e. The monoisotopic (exact) mass is 350 g/mol. The van der Waals surface area contributed by atoms with Gasteiger partial charge in [0.2, 0.25) is 0 Å². The number of hydrogen-bond acceptors (Lipinski definition) is 4. The maximum absolute atomic E-state index is 13.0. The first-order valence-electron chi connectivity index (χ1n) is 8.61. The first kappa shape index (κ1) is 15.5. The molecule has 5 rings (SSSR count). The predicted octanol–water partition coefficient (Wildman–Crippen LogP) is 3.20. The lowest BCUT2D eigenvalue weighted by Gasteiger charge is -2.14. The predicted molar refractivity (Wildman–Crippen MR) is 106 cm³/mol. The van der Waals surface area contributed by atoms with Crippen LogP contribution in [0.1, 0.15) is 5.56 Å². The van der Waals surface area contributed by atoms with Gasteiger partial charge in [-0.2, -0.15) is 0 Å². The van der Waals surface area contributed by atoms with Crippen LogP contribution in [-0.2, 0) is 0 Å². The van der Waals surface area contributed by atoms with Crippen molar-refractivity contribution in [1.82, 2.24) is 4.98 Å². The summed E-state index contributed by atoms with van der Waals surface area (Å²) in [6.45, 7) is 0. The molecule has 0 fully saturated rings. The molecule has 1 heterocycles. The molecular formula is C23H14N2O2. The maximum atomic E-state index is 13.0. The van der Waals surface area contributed by atoms with E-state index in [1.807, 2.05) is 42.5 Å². The summed E-state index contributed by atoms with van der Waals surface area (Å²) in [5.41, 5.74) is 1.84. The van der Waals surface area contributed by atoms with Gasteiger partial charge in [0.05, 0.1) is 10.9 Å². The quantitative estimate of drug-likeness (QED) is 0.360. The second-order valence-electron chi connectivity index (χ2n) is 6.50. The van der Waals surface area contributed by atoms with Gasteiger partial charge in [-0.15, -0.1) is 0 Å². The third-order valence-electron chi connectivity index (χ3n) is 4.99. The molecule has 0 aromatic heterocycles. The average molecular weight is 350 g/mol. The molecule has 0 unspecified atom stereocenters. The van der Waals surface area contributed by atoms with Crippen LogP contribution in [0.15, 0.2) is 77.6 Å². The highest BCUT2D eigenvalue weighted by Crippen LogP contribution is 2.32. The summed E-state index contributed by atoms with van der Waals surface area (Å²) in [5.74, 6) is -0.0110. The molecule has 27 heavy (non-hydrogen) atoms. The highest BCUT2D eigenvalue weighted by molar-refractivity contribution is 6.09. The van der Waals surface area contributed by atoms with Crippen molar-refractivity contribution in [2.24, 2.45) is 0 Å². The molecule has 0 radical (unpaired) electrons. The number of benzene rings is 4. The van der Waals surface area contributed by atoms with E-state index < -0.39 is 0 Å². The number of fused-ring (bicyclic) bond motifs is 2. The molecule has 0 amide bonds. The summed E-state index contributed by atoms with van der Waals surface area (Å²) in [5, 5.41) is 22.2. The molecule has 1 aliphatic carbocycles. The summed E-state index contributed by atoms with van der Waals surface area (Å²) < 4.78 is 0. The van der Waals surface area contributed by atoms with Crippen LogP contribution >= 0.6 is 0 Å². The molecular weight excluding hydrogens is 336 g/mol. The van der Waals surface area contributed by atoms with Crippen molar-refractivity contribution in [1.29, 1.82) is 5.41 Å². The van der Waals surface area contributed by atoms with E-state index in [9.17, 15) is 9.90 Å². The van der Waals surface area contributed by atoms with E-state index in [2.05, 4.69) is 4.98 Å². The lowest BCUT2D eigenvalue weighted by molar-refractivity contribution is 0.507. The Hall–Kier alpha value is -3.79. The van der Waals surface area contributed by atoms with Gasteiger partial charge in [0.25, 0.3) is 0 Å². The lowest BCUT2D eigenvalue weighted by Crippen LogP contribution is -2.32. The van der Waals surface area contributed by atoms with Gasteiger partial charge >= 0.3 is 0 Å². The standard InChI is InChI=1S/C23H14N2O2/c24-23-19(21(26)13-7-2-1-3-8-13)16-11-6-12-17-18(16)20(25-23)14-9-4-5-10-15(14)22(17)27/h1-12,24,26H/b21-19-,24-23?. The fourth-order valence-corrected chi connectivity index (χ4v) is 3.76. The number of hydrogen-bond donors (Lipinski definition) is 2. The Labute approximate surface area is 153 Å². The highest BCUT2D eigenvalue weighted by atomic mass is 16.3. The second kappa shape index (κ2) is 5.61. The van der Waals surface area contributed by atoms with E-state index in [1.165, 1.54) is 0 Å². The van der Waals surface area contributed by atoms with E-state index >= 15 is 0 Å². The van der Waals surface area contributed by atoms with Gasteiger partial charge < -0.3 is 5.11 Å². The van der Waals surface area contributed by atoms with Crippen LogP contribution in [0.5, 0.6) is 0 Å². The number of aliphatic hydroxyl groups is 1. The van der Waals surface area contributed by atoms with Crippen LogP contribution < -0.4 is 16.1 Å². The number of pyridine rings is 1. The minimum Gasteiger partial charge on any atom is -0.507 e. The number of aliphatic hydroxyl groups excluding tert-OH is 1. The van der Waals surface area contributed by atoms with Crippen molar-refractivity contribution in [2.45, 2.75) is 0 Å². The third-order valence-corrected chi connectivity index (χ3v) is 4.99. The Balaban J connectivity index is 2.10. The molecule has 2 aliphatic rings. The zero-order valence-electron chi connectivity index (χ0n) is 14.2. The fourth-order valence-electron chi connectivity index (χ4n) is 3.76. The van der Waals surface area contributed by atoms with Crippen LogP contribution in [0.25, 0.3) is 38.6 Å². The minimum atomic E-state index is -0.0617. The lowest BCUT2D eigenvalue weighted by atomic mass is 9.91. The largest absolute Gasteiger partial charge is 0.507 e. The average Bonchev–Trinajstić information content (AvgIpc) is 2.72. The summed E-state index contributed by atoms with van der Waals surface area (Å²) >= 11 is 0. The van der Waals surface area contributed by atoms with Crippen molar-refractivity contribution in [3.05, 3.63) is 99.3 Å². The SMILES string of the molecule is N=c1nc2c3ccccc3c(=O)c3cccc(c3-2)/c1=C(/O)c1ccccc1. The van der Waals surface area contributed by atoms with Gasteiger partial charge in [-0.1, -0.05) is 72.8 Å². The van der Waals surface area contributed by atoms with Crippen molar-refractivity contribution < 1.29 is 5.11 Å². The molecule has 4 nitrogen and oxygen atoms in total. The van der Waals surface area contributed by atoms with E-state index in [-0.39, 0.29) is 16.7 Å². The molecule has 0 atom stereocenters.